The van der Waals surface area contributed by atoms with Crippen LogP contribution in [0.4, 0.5) is 19.0 Å². The van der Waals surface area contributed by atoms with Crippen LogP contribution in [0.15, 0.2) is 24.5 Å². The zero-order valence-electron chi connectivity index (χ0n) is 9.35. The number of nitrogens with zero attached hydrogens (tertiary/aromatic N) is 3. The maximum absolute atomic E-state index is 12.8. The van der Waals surface area contributed by atoms with Gasteiger partial charge in [-0.3, -0.25) is 9.78 Å². The van der Waals surface area contributed by atoms with Crippen molar-refractivity contribution < 1.29 is 18.0 Å². The van der Waals surface area contributed by atoms with Crippen molar-refractivity contribution in [3.05, 3.63) is 35.8 Å². The van der Waals surface area contributed by atoms with Gasteiger partial charge in [-0.05, 0) is 12.1 Å². The Morgan fingerprint density at radius 3 is 2.63 bits per heavy atom. The summed E-state index contributed by atoms with van der Waals surface area (Å²) in [5.41, 5.74) is 3.62. The second-order valence-corrected chi connectivity index (χ2v) is 3.54. The molecule has 0 unspecified atom stereocenters. The van der Waals surface area contributed by atoms with Gasteiger partial charge in [-0.15, -0.1) is 0 Å². The highest BCUT2D eigenvalue weighted by atomic mass is 19.4. The smallest absolute Gasteiger partial charge is 0.382 e. The first-order chi connectivity index (χ1) is 8.93. The van der Waals surface area contributed by atoms with Crippen LogP contribution in [0.2, 0.25) is 0 Å². The molecule has 0 aliphatic heterocycles. The van der Waals surface area contributed by atoms with E-state index in [-0.39, 0.29) is 17.2 Å². The molecule has 8 heteroatoms. The van der Waals surface area contributed by atoms with E-state index in [4.69, 9.17) is 5.73 Å². The van der Waals surface area contributed by atoms with Crippen LogP contribution in [-0.4, -0.2) is 21.2 Å². The third-order valence-electron chi connectivity index (χ3n) is 2.30. The van der Waals surface area contributed by atoms with E-state index in [1.807, 2.05) is 0 Å². The van der Waals surface area contributed by atoms with Crippen LogP contribution in [-0.2, 0) is 6.18 Å². The molecule has 2 heterocycles. The zero-order chi connectivity index (χ0) is 14.0. The minimum absolute atomic E-state index is 0.150. The number of anilines is 1. The Kier molecular flexibility index (Phi) is 3.16. The van der Waals surface area contributed by atoms with Gasteiger partial charge in [0.1, 0.15) is 17.1 Å². The lowest BCUT2D eigenvalue weighted by Crippen LogP contribution is -2.10. The van der Waals surface area contributed by atoms with Crippen molar-refractivity contribution in [2.45, 2.75) is 6.18 Å². The number of alkyl halides is 3. The Hall–Kier alpha value is -2.51. The number of pyridine rings is 1. The van der Waals surface area contributed by atoms with Crippen LogP contribution in [0.1, 0.15) is 16.1 Å². The first kappa shape index (κ1) is 12.9. The molecule has 0 spiro atoms. The number of nitrogen functional groups attached to an aromatic ring is 1. The topological polar surface area (TPSA) is 81.8 Å². The number of aldehydes is 1. The summed E-state index contributed by atoms with van der Waals surface area (Å²) >= 11 is 0. The Morgan fingerprint density at radius 1 is 1.26 bits per heavy atom. The van der Waals surface area contributed by atoms with Crippen molar-refractivity contribution >= 4 is 12.1 Å². The van der Waals surface area contributed by atoms with Gasteiger partial charge < -0.3 is 5.73 Å². The highest BCUT2D eigenvalue weighted by Crippen LogP contribution is 2.34. The standard InChI is InChI=1S/C11H7F3N4O/c12-11(13,14)6-2-1-3-16-9(6)7-4-17-10(15)8(5-19)18-7/h1-5H,(H2,15,17). The molecule has 2 rings (SSSR count). The minimum Gasteiger partial charge on any atom is -0.382 e. The van der Waals surface area contributed by atoms with Gasteiger partial charge in [0.15, 0.2) is 12.1 Å². The summed E-state index contributed by atoms with van der Waals surface area (Å²) in [5, 5.41) is 0. The number of carbonyl (C=O) groups excluding carboxylic acids is 1. The summed E-state index contributed by atoms with van der Waals surface area (Å²) in [6, 6.07) is 2.04. The summed E-state index contributed by atoms with van der Waals surface area (Å²) in [6.07, 6.45) is -2.01. The summed E-state index contributed by atoms with van der Waals surface area (Å²) < 4.78 is 38.4. The third-order valence-corrected chi connectivity index (χ3v) is 2.30. The molecule has 2 aromatic rings. The lowest BCUT2D eigenvalue weighted by atomic mass is 10.1. The highest BCUT2D eigenvalue weighted by molar-refractivity contribution is 5.79. The molecule has 0 aliphatic rings. The van der Waals surface area contributed by atoms with Gasteiger partial charge in [-0.1, -0.05) is 0 Å². The summed E-state index contributed by atoms with van der Waals surface area (Å²) in [5.74, 6) is -0.150. The van der Waals surface area contributed by atoms with E-state index >= 15 is 0 Å². The Bertz CT molecular complexity index is 628. The molecule has 2 aromatic heterocycles. The number of hydrogen-bond acceptors (Lipinski definition) is 5. The van der Waals surface area contributed by atoms with Gasteiger partial charge in [0.25, 0.3) is 0 Å². The highest BCUT2D eigenvalue weighted by Gasteiger charge is 2.34. The molecule has 0 saturated heterocycles. The van der Waals surface area contributed by atoms with Crippen molar-refractivity contribution in [2.24, 2.45) is 0 Å². The monoisotopic (exact) mass is 268 g/mol. The molecule has 0 fully saturated rings. The van der Waals surface area contributed by atoms with Crippen LogP contribution in [0, 0.1) is 0 Å². The Labute approximate surface area is 105 Å². The third kappa shape index (κ3) is 2.51. The zero-order valence-corrected chi connectivity index (χ0v) is 9.35. The number of carbonyl (C=O) groups is 1. The maximum atomic E-state index is 12.8. The fourth-order valence-corrected chi connectivity index (χ4v) is 1.45. The number of nitrogens with two attached hydrogens (primary N) is 1. The predicted molar refractivity (Wildman–Crippen MR) is 60.1 cm³/mol. The summed E-state index contributed by atoms with van der Waals surface area (Å²) in [4.78, 5) is 21.7. The van der Waals surface area contributed by atoms with Gasteiger partial charge in [0, 0.05) is 6.20 Å². The summed E-state index contributed by atoms with van der Waals surface area (Å²) in [6.45, 7) is 0. The van der Waals surface area contributed by atoms with E-state index in [2.05, 4.69) is 15.0 Å². The first-order valence-electron chi connectivity index (χ1n) is 5.03. The molecule has 0 saturated carbocycles. The van der Waals surface area contributed by atoms with Crippen molar-refractivity contribution in [3.63, 3.8) is 0 Å². The normalized spacial score (nSPS) is 11.3. The molecule has 2 N–H and O–H groups in total. The van der Waals surface area contributed by atoms with Crippen LogP contribution < -0.4 is 5.73 Å². The average Bonchev–Trinajstić information content (AvgIpc) is 2.38. The quantitative estimate of drug-likeness (QED) is 0.842. The molecular weight excluding hydrogens is 261 g/mol. The first-order valence-corrected chi connectivity index (χ1v) is 5.03. The molecule has 5 nitrogen and oxygen atoms in total. The molecule has 0 amide bonds. The molecule has 0 atom stereocenters. The van der Waals surface area contributed by atoms with E-state index in [0.29, 0.717) is 6.29 Å². The van der Waals surface area contributed by atoms with E-state index in [1.54, 1.807) is 0 Å². The van der Waals surface area contributed by atoms with Crippen molar-refractivity contribution in [1.29, 1.82) is 0 Å². The fraction of sp³-hybridized carbons (Fsp3) is 0.0909. The van der Waals surface area contributed by atoms with Crippen LogP contribution in [0.5, 0.6) is 0 Å². The molecule has 0 bridgehead atoms. The van der Waals surface area contributed by atoms with Crippen LogP contribution >= 0.6 is 0 Å². The second-order valence-electron chi connectivity index (χ2n) is 3.54. The van der Waals surface area contributed by atoms with E-state index in [1.165, 1.54) is 6.20 Å². The molecule has 0 aliphatic carbocycles. The molecule has 0 radical (unpaired) electrons. The molecular formula is C11H7F3N4O. The average molecular weight is 268 g/mol. The van der Waals surface area contributed by atoms with Gasteiger partial charge in [0.05, 0.1) is 11.8 Å². The Balaban J connectivity index is 2.63. The minimum atomic E-state index is -4.58. The van der Waals surface area contributed by atoms with E-state index in [9.17, 15) is 18.0 Å². The SMILES string of the molecule is Nc1ncc(-c2ncccc2C(F)(F)F)nc1C=O. The number of rotatable bonds is 2. The number of halogens is 3. The second kappa shape index (κ2) is 4.63. The largest absolute Gasteiger partial charge is 0.418 e. The molecule has 0 aromatic carbocycles. The maximum Gasteiger partial charge on any atom is 0.418 e. The van der Waals surface area contributed by atoms with Crippen LogP contribution in [0.25, 0.3) is 11.4 Å². The van der Waals surface area contributed by atoms with Crippen LogP contribution in [0.3, 0.4) is 0 Å². The van der Waals surface area contributed by atoms with Gasteiger partial charge in [-0.2, -0.15) is 13.2 Å². The predicted octanol–water partition coefficient (Wildman–Crippen LogP) is 1.95. The molecule has 19 heavy (non-hydrogen) atoms. The van der Waals surface area contributed by atoms with Crippen molar-refractivity contribution in [1.82, 2.24) is 15.0 Å². The lowest BCUT2D eigenvalue weighted by molar-refractivity contribution is -0.137. The molecule has 98 valence electrons. The number of aromatic nitrogens is 3. The van der Waals surface area contributed by atoms with Gasteiger partial charge in [-0.25, -0.2) is 9.97 Å². The fourth-order valence-electron chi connectivity index (χ4n) is 1.45. The summed E-state index contributed by atoms with van der Waals surface area (Å²) in [7, 11) is 0. The van der Waals surface area contributed by atoms with E-state index < -0.39 is 17.4 Å². The van der Waals surface area contributed by atoms with Crippen molar-refractivity contribution in [3.8, 4) is 11.4 Å². The van der Waals surface area contributed by atoms with Gasteiger partial charge in [0.2, 0.25) is 0 Å². The lowest BCUT2D eigenvalue weighted by Gasteiger charge is -2.11. The van der Waals surface area contributed by atoms with E-state index in [0.717, 1.165) is 18.3 Å². The van der Waals surface area contributed by atoms with Crippen molar-refractivity contribution in [2.75, 3.05) is 5.73 Å². The van der Waals surface area contributed by atoms with Gasteiger partial charge >= 0.3 is 6.18 Å². The number of hydrogen-bond donors (Lipinski definition) is 1. The Morgan fingerprint density at radius 2 is 2.00 bits per heavy atom.